The Morgan fingerprint density at radius 2 is 2.32 bits per heavy atom. The first kappa shape index (κ1) is 17.0. The lowest BCUT2D eigenvalue weighted by Crippen LogP contribution is -2.26. The van der Waals surface area contributed by atoms with Crippen molar-refractivity contribution in [3.8, 4) is 0 Å². The molecule has 0 bridgehead atoms. The Kier molecular flexibility index (Phi) is 6.39. The van der Waals surface area contributed by atoms with Gasteiger partial charge in [-0.3, -0.25) is 4.79 Å². The lowest BCUT2D eigenvalue weighted by molar-refractivity contribution is -0.121. The number of nitrogens with zero attached hydrogens (tertiary/aromatic N) is 1. The molecule has 3 nitrogen and oxygen atoms in total. The SMILES string of the molecule is Cc1nc(CSCCC(=O)N[C@@H](C)c2cccc(F)c2)cs1. The van der Waals surface area contributed by atoms with Gasteiger partial charge in [0, 0.05) is 23.3 Å². The standard InChI is InChI=1S/C16H19FN2OS2/c1-11(13-4-3-5-14(17)8-13)18-16(20)6-7-21-9-15-10-22-12(2)19-15/h3-5,8,10-11H,6-7,9H2,1-2H3,(H,18,20)/t11-/m0/s1. The number of aryl methyl sites for hydroxylation is 1. The monoisotopic (exact) mass is 338 g/mol. The normalized spacial score (nSPS) is 12.1. The number of aromatic nitrogens is 1. The summed E-state index contributed by atoms with van der Waals surface area (Å²) in [6, 6.07) is 6.13. The van der Waals surface area contributed by atoms with E-state index in [0.717, 1.165) is 27.8 Å². The van der Waals surface area contributed by atoms with Crippen LogP contribution in [0.5, 0.6) is 0 Å². The molecule has 1 aromatic heterocycles. The van der Waals surface area contributed by atoms with Gasteiger partial charge in [-0.05, 0) is 31.5 Å². The number of thioether (sulfide) groups is 1. The highest BCUT2D eigenvalue weighted by molar-refractivity contribution is 7.98. The van der Waals surface area contributed by atoms with Crippen LogP contribution < -0.4 is 5.32 Å². The van der Waals surface area contributed by atoms with Crippen LogP contribution in [0.1, 0.15) is 35.7 Å². The van der Waals surface area contributed by atoms with E-state index in [1.54, 1.807) is 29.2 Å². The first-order valence-electron chi connectivity index (χ1n) is 7.08. The Balaban J connectivity index is 1.69. The lowest BCUT2D eigenvalue weighted by atomic mass is 10.1. The van der Waals surface area contributed by atoms with Gasteiger partial charge in [0.2, 0.25) is 5.91 Å². The third-order valence-corrected chi connectivity index (χ3v) is 4.93. The van der Waals surface area contributed by atoms with Crippen molar-refractivity contribution in [2.24, 2.45) is 0 Å². The van der Waals surface area contributed by atoms with Gasteiger partial charge in [0.05, 0.1) is 16.7 Å². The summed E-state index contributed by atoms with van der Waals surface area (Å²) < 4.78 is 13.2. The quantitative estimate of drug-likeness (QED) is 0.773. The van der Waals surface area contributed by atoms with Crippen LogP contribution in [-0.4, -0.2) is 16.6 Å². The van der Waals surface area contributed by atoms with Crippen LogP contribution in [0.2, 0.25) is 0 Å². The molecule has 6 heteroatoms. The number of hydrogen-bond acceptors (Lipinski definition) is 4. The molecule has 1 N–H and O–H groups in total. The second-order valence-electron chi connectivity index (χ2n) is 5.00. The fraction of sp³-hybridized carbons (Fsp3) is 0.375. The second kappa shape index (κ2) is 8.29. The van der Waals surface area contributed by atoms with Gasteiger partial charge >= 0.3 is 0 Å². The van der Waals surface area contributed by atoms with Crippen LogP contribution in [0, 0.1) is 12.7 Å². The van der Waals surface area contributed by atoms with Crippen molar-refractivity contribution in [3.63, 3.8) is 0 Å². The molecule has 0 saturated carbocycles. The number of nitrogens with one attached hydrogen (secondary N) is 1. The first-order valence-corrected chi connectivity index (χ1v) is 9.11. The topological polar surface area (TPSA) is 42.0 Å². The minimum atomic E-state index is -0.285. The lowest BCUT2D eigenvalue weighted by Gasteiger charge is -2.14. The molecule has 0 fully saturated rings. The Morgan fingerprint density at radius 3 is 3.00 bits per heavy atom. The molecule has 0 unspecified atom stereocenters. The zero-order valence-electron chi connectivity index (χ0n) is 12.6. The number of rotatable bonds is 7. The molecule has 1 aromatic carbocycles. The maximum atomic E-state index is 13.2. The van der Waals surface area contributed by atoms with E-state index in [-0.39, 0.29) is 17.8 Å². The minimum absolute atomic E-state index is 0.0151. The number of amides is 1. The number of hydrogen-bond donors (Lipinski definition) is 1. The van der Waals surface area contributed by atoms with Crippen LogP contribution in [0.15, 0.2) is 29.6 Å². The molecular weight excluding hydrogens is 319 g/mol. The van der Waals surface area contributed by atoms with Crippen LogP contribution in [0.25, 0.3) is 0 Å². The summed E-state index contributed by atoms with van der Waals surface area (Å²) in [6.07, 6.45) is 0.452. The molecule has 0 aliphatic rings. The van der Waals surface area contributed by atoms with Gasteiger partial charge in [-0.2, -0.15) is 11.8 Å². The Morgan fingerprint density at radius 1 is 1.50 bits per heavy atom. The number of thiazole rings is 1. The van der Waals surface area contributed by atoms with E-state index in [1.165, 1.54) is 12.1 Å². The van der Waals surface area contributed by atoms with Crippen molar-refractivity contribution < 1.29 is 9.18 Å². The molecule has 0 aliphatic carbocycles. The van der Waals surface area contributed by atoms with Crippen molar-refractivity contribution >= 4 is 29.0 Å². The molecule has 22 heavy (non-hydrogen) atoms. The highest BCUT2D eigenvalue weighted by Crippen LogP contribution is 2.17. The Hall–Kier alpha value is -1.40. The van der Waals surface area contributed by atoms with Crippen molar-refractivity contribution in [2.75, 3.05) is 5.75 Å². The van der Waals surface area contributed by atoms with Crippen LogP contribution in [-0.2, 0) is 10.5 Å². The fourth-order valence-electron chi connectivity index (χ4n) is 1.99. The molecule has 0 saturated heterocycles. The average molecular weight is 338 g/mol. The summed E-state index contributed by atoms with van der Waals surface area (Å²) >= 11 is 3.34. The summed E-state index contributed by atoms with van der Waals surface area (Å²) in [7, 11) is 0. The Bertz CT molecular complexity index is 630. The maximum absolute atomic E-state index is 13.2. The number of carbonyl (C=O) groups is 1. The van der Waals surface area contributed by atoms with Crippen molar-refractivity contribution in [1.29, 1.82) is 0 Å². The number of carbonyl (C=O) groups excluding carboxylic acids is 1. The maximum Gasteiger partial charge on any atom is 0.221 e. The summed E-state index contributed by atoms with van der Waals surface area (Å²) in [5.41, 5.74) is 1.85. The van der Waals surface area contributed by atoms with Gasteiger partial charge < -0.3 is 5.32 Å². The number of benzene rings is 1. The summed E-state index contributed by atoms with van der Waals surface area (Å²) in [4.78, 5) is 16.3. The molecule has 0 aliphatic heterocycles. The number of halogens is 1. The third kappa shape index (κ3) is 5.42. The van der Waals surface area contributed by atoms with Gasteiger partial charge in [-0.15, -0.1) is 11.3 Å². The summed E-state index contributed by atoms with van der Waals surface area (Å²) in [5, 5.41) is 6.01. The summed E-state index contributed by atoms with van der Waals surface area (Å²) in [6.45, 7) is 3.85. The van der Waals surface area contributed by atoms with Gasteiger partial charge in [0.15, 0.2) is 0 Å². The molecule has 118 valence electrons. The van der Waals surface area contributed by atoms with E-state index < -0.39 is 0 Å². The molecule has 1 amide bonds. The van der Waals surface area contributed by atoms with Crippen LogP contribution in [0.3, 0.4) is 0 Å². The first-order chi connectivity index (χ1) is 10.5. The smallest absolute Gasteiger partial charge is 0.221 e. The van der Waals surface area contributed by atoms with E-state index in [4.69, 9.17) is 0 Å². The van der Waals surface area contributed by atoms with Crippen molar-refractivity contribution in [3.05, 3.63) is 51.7 Å². The van der Waals surface area contributed by atoms with Crippen LogP contribution >= 0.6 is 23.1 Å². The van der Waals surface area contributed by atoms with Crippen molar-refractivity contribution in [1.82, 2.24) is 10.3 Å². The van der Waals surface area contributed by atoms with Gasteiger partial charge in [0.25, 0.3) is 0 Å². The molecule has 2 aromatic rings. The predicted molar refractivity (Wildman–Crippen MR) is 90.6 cm³/mol. The van der Waals surface area contributed by atoms with E-state index >= 15 is 0 Å². The molecule has 1 atom stereocenters. The molecule has 1 heterocycles. The third-order valence-electron chi connectivity index (χ3n) is 3.12. The Labute approximate surface area is 138 Å². The van der Waals surface area contributed by atoms with E-state index in [0.29, 0.717) is 6.42 Å². The van der Waals surface area contributed by atoms with E-state index in [1.807, 2.05) is 19.9 Å². The summed E-state index contributed by atoms with van der Waals surface area (Å²) in [5.74, 6) is 1.28. The van der Waals surface area contributed by atoms with Gasteiger partial charge in [-0.1, -0.05) is 12.1 Å². The second-order valence-corrected chi connectivity index (χ2v) is 7.17. The highest BCUT2D eigenvalue weighted by atomic mass is 32.2. The highest BCUT2D eigenvalue weighted by Gasteiger charge is 2.10. The average Bonchev–Trinajstić information content (AvgIpc) is 2.89. The zero-order chi connectivity index (χ0) is 15.9. The fourth-order valence-corrected chi connectivity index (χ4v) is 3.54. The zero-order valence-corrected chi connectivity index (χ0v) is 14.3. The predicted octanol–water partition coefficient (Wildman–Crippen LogP) is 4.09. The minimum Gasteiger partial charge on any atom is -0.350 e. The van der Waals surface area contributed by atoms with E-state index in [2.05, 4.69) is 15.7 Å². The van der Waals surface area contributed by atoms with Gasteiger partial charge in [-0.25, -0.2) is 9.37 Å². The molecular formula is C16H19FN2OS2. The van der Waals surface area contributed by atoms with Crippen LogP contribution in [0.4, 0.5) is 4.39 Å². The largest absolute Gasteiger partial charge is 0.350 e. The van der Waals surface area contributed by atoms with E-state index in [9.17, 15) is 9.18 Å². The molecule has 2 rings (SSSR count). The van der Waals surface area contributed by atoms with Crippen molar-refractivity contribution in [2.45, 2.75) is 32.1 Å². The molecule has 0 spiro atoms. The molecule has 0 radical (unpaired) electrons. The van der Waals surface area contributed by atoms with Gasteiger partial charge in [0.1, 0.15) is 5.82 Å².